The summed E-state index contributed by atoms with van der Waals surface area (Å²) in [5.74, 6) is 0.253. The minimum absolute atomic E-state index is 0.127. The van der Waals surface area contributed by atoms with Crippen molar-refractivity contribution in [2.45, 2.75) is 44.6 Å². The third kappa shape index (κ3) is 8.63. The number of hydrogen-bond acceptors (Lipinski definition) is 3. The van der Waals surface area contributed by atoms with Crippen LogP contribution in [0.4, 0.5) is 0 Å². The molecule has 0 spiro atoms. The van der Waals surface area contributed by atoms with Gasteiger partial charge in [0.15, 0.2) is 11.9 Å². The molecule has 10 N–H and O–H groups in total. The van der Waals surface area contributed by atoms with E-state index in [0.717, 1.165) is 32.1 Å². The zero-order valence-electron chi connectivity index (χ0n) is 11.2. The molecule has 0 saturated heterocycles. The molecule has 0 unspecified atom stereocenters. The first kappa shape index (κ1) is 16.5. The molecule has 0 heterocycles. The Morgan fingerprint density at radius 3 is 1.56 bits per heavy atom. The van der Waals surface area contributed by atoms with Crippen LogP contribution in [0, 0.1) is 0 Å². The fraction of sp³-hybridized carbons (Fsp3) is 0.818. The summed E-state index contributed by atoms with van der Waals surface area (Å²) in [6.07, 6.45) is 4.45. The van der Waals surface area contributed by atoms with Crippen LogP contribution in [0.1, 0.15) is 39.0 Å². The zero-order chi connectivity index (χ0) is 14.0. The Balaban J connectivity index is 3.95. The molecule has 0 saturated carbocycles. The molecule has 7 nitrogen and oxygen atoms in total. The Bertz CT molecular complexity index is 253. The first-order valence-corrected chi connectivity index (χ1v) is 6.29. The lowest BCUT2D eigenvalue weighted by atomic mass is 9.87. The third-order valence-corrected chi connectivity index (χ3v) is 2.96. The second-order valence-corrected chi connectivity index (χ2v) is 4.54. The molecule has 0 aliphatic carbocycles. The van der Waals surface area contributed by atoms with Crippen molar-refractivity contribution in [3.05, 3.63) is 0 Å². The Kier molecular flexibility index (Phi) is 7.86. The summed E-state index contributed by atoms with van der Waals surface area (Å²) in [7, 11) is 0. The van der Waals surface area contributed by atoms with E-state index in [2.05, 4.69) is 16.9 Å². The van der Waals surface area contributed by atoms with E-state index in [9.17, 15) is 0 Å². The second kappa shape index (κ2) is 8.57. The lowest BCUT2D eigenvalue weighted by Crippen LogP contribution is -2.39. The quantitative estimate of drug-likeness (QED) is 0.208. The summed E-state index contributed by atoms with van der Waals surface area (Å²) in [6, 6.07) is 0. The minimum Gasteiger partial charge on any atom is -0.370 e. The highest BCUT2D eigenvalue weighted by Gasteiger charge is 2.21. The number of nitrogens with two attached hydrogens (primary N) is 5. The lowest BCUT2D eigenvalue weighted by Gasteiger charge is -2.27. The topological polar surface area (TPSA) is 155 Å². The van der Waals surface area contributed by atoms with Gasteiger partial charge in [0, 0.05) is 18.6 Å². The van der Waals surface area contributed by atoms with Gasteiger partial charge in [-0.3, -0.25) is 9.98 Å². The largest absolute Gasteiger partial charge is 0.370 e. The molecule has 0 fully saturated rings. The molecule has 0 amide bonds. The Hall–Kier alpha value is -1.50. The number of aliphatic imine (C=N–C) groups is 2. The maximum Gasteiger partial charge on any atom is 0.185 e. The van der Waals surface area contributed by atoms with Gasteiger partial charge in [-0.2, -0.15) is 0 Å². The van der Waals surface area contributed by atoms with Crippen LogP contribution < -0.4 is 28.7 Å². The van der Waals surface area contributed by atoms with Gasteiger partial charge in [0.1, 0.15) is 0 Å². The van der Waals surface area contributed by atoms with E-state index in [1.807, 2.05) is 0 Å². The maximum absolute atomic E-state index is 6.31. The monoisotopic (exact) mass is 257 g/mol. The molecule has 0 bridgehead atoms. The van der Waals surface area contributed by atoms with Crippen LogP contribution in [-0.4, -0.2) is 30.5 Å². The molecular weight excluding hydrogens is 230 g/mol. The fourth-order valence-electron chi connectivity index (χ4n) is 1.76. The van der Waals surface area contributed by atoms with Crippen molar-refractivity contribution in [2.75, 3.05) is 13.1 Å². The normalized spacial score (nSPS) is 11.0. The van der Waals surface area contributed by atoms with Crippen LogP contribution in [0.2, 0.25) is 0 Å². The molecule has 0 atom stereocenters. The molecule has 106 valence electrons. The van der Waals surface area contributed by atoms with Crippen LogP contribution in [0.25, 0.3) is 0 Å². The van der Waals surface area contributed by atoms with E-state index in [1.165, 1.54) is 0 Å². The maximum atomic E-state index is 6.31. The molecule has 0 aromatic rings. The summed E-state index contributed by atoms with van der Waals surface area (Å²) in [5, 5.41) is 0. The van der Waals surface area contributed by atoms with Crippen molar-refractivity contribution in [3.8, 4) is 0 Å². The summed E-state index contributed by atoms with van der Waals surface area (Å²) in [4.78, 5) is 7.89. The first-order valence-electron chi connectivity index (χ1n) is 6.29. The first-order chi connectivity index (χ1) is 8.39. The van der Waals surface area contributed by atoms with Crippen molar-refractivity contribution >= 4 is 11.9 Å². The van der Waals surface area contributed by atoms with Gasteiger partial charge in [0.05, 0.1) is 0 Å². The molecule has 18 heavy (non-hydrogen) atoms. The summed E-state index contributed by atoms with van der Waals surface area (Å²) in [6.45, 7) is 3.32. The third-order valence-electron chi connectivity index (χ3n) is 2.96. The predicted octanol–water partition coefficient (Wildman–Crippen LogP) is -0.799. The molecule has 0 radical (unpaired) electrons. The fourth-order valence-corrected chi connectivity index (χ4v) is 1.76. The number of rotatable bonds is 9. The lowest BCUT2D eigenvalue weighted by molar-refractivity contribution is 0.339. The van der Waals surface area contributed by atoms with Crippen LogP contribution in [0.15, 0.2) is 9.98 Å². The van der Waals surface area contributed by atoms with Crippen LogP contribution in [-0.2, 0) is 0 Å². The van der Waals surface area contributed by atoms with Gasteiger partial charge in [0.25, 0.3) is 0 Å². The zero-order valence-corrected chi connectivity index (χ0v) is 11.2. The van der Waals surface area contributed by atoms with Gasteiger partial charge in [-0.1, -0.05) is 6.92 Å². The van der Waals surface area contributed by atoms with Gasteiger partial charge in [0.2, 0.25) is 0 Å². The van der Waals surface area contributed by atoms with Gasteiger partial charge >= 0.3 is 0 Å². The average Bonchev–Trinajstić information content (AvgIpc) is 2.30. The molecule has 7 heteroatoms. The van der Waals surface area contributed by atoms with E-state index >= 15 is 0 Å². The Morgan fingerprint density at radius 1 is 0.889 bits per heavy atom. The van der Waals surface area contributed by atoms with Crippen LogP contribution in [0.5, 0.6) is 0 Å². The van der Waals surface area contributed by atoms with Gasteiger partial charge in [-0.15, -0.1) is 0 Å². The summed E-state index contributed by atoms with van der Waals surface area (Å²) < 4.78 is 0. The van der Waals surface area contributed by atoms with Crippen LogP contribution >= 0.6 is 0 Å². The second-order valence-electron chi connectivity index (χ2n) is 4.54. The molecule has 0 aliphatic rings. The standard InChI is InChI=1S/C11H27N7/c1-2-11(16,5-3-7-17-9(12)13)6-4-8-18-10(14)15/h2-8,16H2,1H3,(H4,12,13,17)(H4,14,15,18). The highest BCUT2D eigenvalue weighted by atomic mass is 15.0. The van der Waals surface area contributed by atoms with Crippen molar-refractivity contribution in [1.82, 2.24) is 0 Å². The van der Waals surface area contributed by atoms with Crippen molar-refractivity contribution in [3.63, 3.8) is 0 Å². The predicted molar refractivity (Wildman–Crippen MR) is 77.0 cm³/mol. The molecule has 0 aromatic heterocycles. The SMILES string of the molecule is CCC(N)(CCCN=C(N)N)CCCN=C(N)N. The van der Waals surface area contributed by atoms with Crippen molar-refractivity contribution < 1.29 is 0 Å². The number of nitrogens with zero attached hydrogens (tertiary/aromatic N) is 2. The molecular formula is C11H27N7. The smallest absolute Gasteiger partial charge is 0.185 e. The highest BCUT2D eigenvalue weighted by Crippen LogP contribution is 2.20. The van der Waals surface area contributed by atoms with Gasteiger partial charge < -0.3 is 28.7 Å². The summed E-state index contributed by atoms with van der Waals surface area (Å²) >= 11 is 0. The van der Waals surface area contributed by atoms with E-state index in [1.54, 1.807) is 0 Å². The van der Waals surface area contributed by atoms with E-state index in [0.29, 0.717) is 13.1 Å². The number of guanidine groups is 2. The van der Waals surface area contributed by atoms with Crippen LogP contribution in [0.3, 0.4) is 0 Å². The van der Waals surface area contributed by atoms with Crippen molar-refractivity contribution in [2.24, 2.45) is 38.7 Å². The van der Waals surface area contributed by atoms with E-state index in [-0.39, 0.29) is 17.5 Å². The van der Waals surface area contributed by atoms with E-state index in [4.69, 9.17) is 28.7 Å². The number of hydrogen-bond donors (Lipinski definition) is 5. The molecule has 0 aliphatic heterocycles. The molecule has 0 aromatic carbocycles. The van der Waals surface area contributed by atoms with Gasteiger partial charge in [-0.25, -0.2) is 0 Å². The highest BCUT2D eigenvalue weighted by molar-refractivity contribution is 5.75. The molecule has 0 rings (SSSR count). The summed E-state index contributed by atoms with van der Waals surface area (Å²) in [5.41, 5.74) is 27.2. The van der Waals surface area contributed by atoms with E-state index < -0.39 is 0 Å². The van der Waals surface area contributed by atoms with Crippen molar-refractivity contribution in [1.29, 1.82) is 0 Å². The Morgan fingerprint density at radius 2 is 1.28 bits per heavy atom. The average molecular weight is 257 g/mol. The van der Waals surface area contributed by atoms with Gasteiger partial charge in [-0.05, 0) is 32.1 Å². The Labute approximate surface area is 109 Å². The minimum atomic E-state index is -0.183.